The Morgan fingerprint density at radius 2 is 2.07 bits per heavy atom. The van der Waals surface area contributed by atoms with Crippen molar-refractivity contribution in [1.82, 2.24) is 14.7 Å². The molecular weight excluding hydrogens is 370 g/mol. The summed E-state index contributed by atoms with van der Waals surface area (Å²) in [6.45, 7) is 2.34. The molecule has 0 aliphatic carbocycles. The van der Waals surface area contributed by atoms with Gasteiger partial charge in [0.05, 0.1) is 42.3 Å². The first-order valence-electron chi connectivity index (χ1n) is 8.54. The lowest BCUT2D eigenvalue weighted by atomic mass is 10.2. The maximum Gasteiger partial charge on any atom is 0.162 e. The van der Waals surface area contributed by atoms with Crippen molar-refractivity contribution < 1.29 is 18.4 Å². The zero-order valence-corrected chi connectivity index (χ0v) is 16.3. The van der Waals surface area contributed by atoms with Crippen molar-refractivity contribution in [3.05, 3.63) is 18.5 Å². The van der Waals surface area contributed by atoms with Crippen LogP contribution in [0.25, 0.3) is 10.9 Å². The van der Waals surface area contributed by atoms with Crippen LogP contribution in [-0.2, 0) is 14.6 Å². The average Bonchev–Trinajstić information content (AvgIpc) is 3.11. The molecule has 9 nitrogen and oxygen atoms in total. The first-order chi connectivity index (χ1) is 12.9. The van der Waals surface area contributed by atoms with Crippen molar-refractivity contribution in [2.75, 3.05) is 45.4 Å². The van der Waals surface area contributed by atoms with Crippen LogP contribution in [0, 0.1) is 0 Å². The number of anilines is 1. The maximum absolute atomic E-state index is 11.3. The van der Waals surface area contributed by atoms with Crippen LogP contribution >= 0.6 is 0 Å². The Morgan fingerprint density at radius 3 is 2.78 bits per heavy atom. The second-order valence-electron chi connectivity index (χ2n) is 6.27. The molecule has 2 aromatic rings. The van der Waals surface area contributed by atoms with Gasteiger partial charge in [0.15, 0.2) is 11.5 Å². The van der Waals surface area contributed by atoms with Crippen LogP contribution in [0.5, 0.6) is 11.5 Å². The van der Waals surface area contributed by atoms with E-state index in [0.29, 0.717) is 31.2 Å². The van der Waals surface area contributed by atoms with Crippen LogP contribution in [0.2, 0.25) is 0 Å². The molecule has 0 spiro atoms. The molecule has 0 saturated carbocycles. The third kappa shape index (κ3) is 4.78. The van der Waals surface area contributed by atoms with Crippen LogP contribution in [0.15, 0.2) is 18.5 Å². The molecule has 10 heteroatoms. The SMILES string of the molecule is C=S(N)(=O)NCCOC1CCN(c2ncnc3cc(OC)c(OC)cc23)C1. The Bertz CT molecular complexity index is 906. The monoisotopic (exact) mass is 395 g/mol. The molecule has 1 fully saturated rings. The van der Waals surface area contributed by atoms with Gasteiger partial charge in [0, 0.05) is 31.1 Å². The standard InChI is InChI=1S/C17H25N5O4S/c1-24-15-8-13-14(9-16(15)25-2)19-11-20-17(13)22-6-4-12(10-22)26-7-5-21-27(3,18)23/h8-9,11-12H,3-7,10H2,1-2H3,(H3,18,21,23). The van der Waals surface area contributed by atoms with Gasteiger partial charge in [0.25, 0.3) is 0 Å². The van der Waals surface area contributed by atoms with Crippen LogP contribution < -0.4 is 24.2 Å². The Balaban J connectivity index is 1.71. The van der Waals surface area contributed by atoms with Gasteiger partial charge < -0.3 is 19.1 Å². The zero-order valence-electron chi connectivity index (χ0n) is 15.5. The number of ether oxygens (including phenoxy) is 3. The molecule has 0 bridgehead atoms. The normalized spacial score (nSPS) is 19.2. The van der Waals surface area contributed by atoms with Gasteiger partial charge in [-0.15, -0.1) is 0 Å². The first kappa shape index (κ1) is 19.6. The van der Waals surface area contributed by atoms with E-state index in [1.807, 2.05) is 12.1 Å². The fraction of sp³-hybridized carbons (Fsp3) is 0.471. The Hall–Kier alpha value is -2.14. The molecule has 0 amide bonds. The number of aromatic nitrogens is 2. The lowest BCUT2D eigenvalue weighted by molar-refractivity contribution is 0.0727. The molecule has 148 valence electrons. The zero-order chi connectivity index (χ0) is 19.4. The third-order valence-electron chi connectivity index (χ3n) is 4.37. The Morgan fingerprint density at radius 1 is 1.33 bits per heavy atom. The van der Waals surface area contributed by atoms with E-state index in [9.17, 15) is 4.21 Å². The number of fused-ring (bicyclic) bond motifs is 1. The molecule has 0 radical (unpaired) electrons. The summed E-state index contributed by atoms with van der Waals surface area (Å²) in [6, 6.07) is 3.74. The summed E-state index contributed by atoms with van der Waals surface area (Å²) in [6.07, 6.45) is 2.49. The second-order valence-corrected chi connectivity index (χ2v) is 8.01. The quantitative estimate of drug-likeness (QED) is 0.489. The van der Waals surface area contributed by atoms with E-state index < -0.39 is 9.89 Å². The van der Waals surface area contributed by atoms with Crippen molar-refractivity contribution in [1.29, 1.82) is 0 Å². The van der Waals surface area contributed by atoms with Gasteiger partial charge in [0.2, 0.25) is 0 Å². The number of hydrogen-bond acceptors (Lipinski definition) is 7. The summed E-state index contributed by atoms with van der Waals surface area (Å²) in [7, 11) is 0.512. The summed E-state index contributed by atoms with van der Waals surface area (Å²) in [5, 5.41) is 6.23. The third-order valence-corrected chi connectivity index (χ3v) is 5.06. The molecule has 1 aromatic carbocycles. The predicted molar refractivity (Wildman–Crippen MR) is 107 cm³/mol. The highest BCUT2D eigenvalue weighted by atomic mass is 32.2. The van der Waals surface area contributed by atoms with Crippen LogP contribution in [-0.4, -0.2) is 66.6 Å². The predicted octanol–water partition coefficient (Wildman–Crippen LogP) is 0.337. The van der Waals surface area contributed by atoms with E-state index in [1.165, 1.54) is 0 Å². The van der Waals surface area contributed by atoms with Gasteiger partial charge in [-0.2, -0.15) is 0 Å². The molecule has 3 N–H and O–H groups in total. The summed E-state index contributed by atoms with van der Waals surface area (Å²) < 4.78 is 30.5. The summed E-state index contributed by atoms with van der Waals surface area (Å²) >= 11 is 0. The van der Waals surface area contributed by atoms with E-state index >= 15 is 0 Å². The number of hydrogen-bond donors (Lipinski definition) is 2. The van der Waals surface area contributed by atoms with Crippen molar-refractivity contribution >= 4 is 32.5 Å². The number of rotatable bonds is 8. The summed E-state index contributed by atoms with van der Waals surface area (Å²) in [4.78, 5) is 11.0. The molecule has 1 aliphatic heterocycles. The molecule has 3 rings (SSSR count). The largest absolute Gasteiger partial charge is 0.493 e. The van der Waals surface area contributed by atoms with Gasteiger partial charge >= 0.3 is 0 Å². The highest BCUT2D eigenvalue weighted by Crippen LogP contribution is 2.35. The van der Waals surface area contributed by atoms with Crippen molar-refractivity contribution in [3.8, 4) is 11.5 Å². The molecule has 2 atom stereocenters. The van der Waals surface area contributed by atoms with E-state index in [-0.39, 0.29) is 6.10 Å². The van der Waals surface area contributed by atoms with Crippen LogP contribution in [0.3, 0.4) is 0 Å². The summed E-state index contributed by atoms with van der Waals surface area (Å²) in [5.41, 5.74) is 0.791. The lowest BCUT2D eigenvalue weighted by Crippen LogP contribution is -2.34. The number of nitrogens with two attached hydrogens (primary N) is 1. The van der Waals surface area contributed by atoms with E-state index in [1.54, 1.807) is 20.5 Å². The number of methoxy groups -OCH3 is 2. The number of benzene rings is 1. The highest BCUT2D eigenvalue weighted by molar-refractivity contribution is 7.96. The topological polar surface area (TPSA) is 112 Å². The smallest absolute Gasteiger partial charge is 0.162 e. The van der Waals surface area contributed by atoms with Gasteiger partial charge in [-0.1, -0.05) is 0 Å². The molecule has 1 saturated heterocycles. The average molecular weight is 395 g/mol. The van der Waals surface area contributed by atoms with Crippen molar-refractivity contribution in [2.24, 2.45) is 5.14 Å². The molecular formula is C17H25N5O4S. The minimum absolute atomic E-state index is 0.0654. The second kappa shape index (κ2) is 8.26. The van der Waals surface area contributed by atoms with Gasteiger partial charge in [0.1, 0.15) is 12.1 Å². The maximum atomic E-state index is 11.3. The minimum Gasteiger partial charge on any atom is -0.493 e. The molecule has 27 heavy (non-hydrogen) atoms. The minimum atomic E-state index is -2.69. The number of nitrogens with zero attached hydrogens (tertiary/aromatic N) is 3. The molecule has 1 aromatic heterocycles. The van der Waals surface area contributed by atoms with Crippen LogP contribution in [0.4, 0.5) is 5.82 Å². The first-order valence-corrected chi connectivity index (χ1v) is 10.3. The Kier molecular flexibility index (Phi) is 6.00. The van der Waals surface area contributed by atoms with Gasteiger partial charge in [-0.25, -0.2) is 24.0 Å². The van der Waals surface area contributed by atoms with E-state index in [0.717, 1.165) is 29.7 Å². The van der Waals surface area contributed by atoms with Gasteiger partial charge in [-0.3, -0.25) is 0 Å². The number of nitrogens with one attached hydrogen (secondary N) is 1. The fourth-order valence-corrected chi connectivity index (χ4v) is 3.55. The molecule has 2 unspecified atom stereocenters. The van der Waals surface area contributed by atoms with Gasteiger partial charge in [-0.05, 0) is 18.4 Å². The highest BCUT2D eigenvalue weighted by Gasteiger charge is 2.26. The van der Waals surface area contributed by atoms with E-state index in [2.05, 4.69) is 25.5 Å². The molecule has 1 aliphatic rings. The van der Waals surface area contributed by atoms with Crippen molar-refractivity contribution in [3.63, 3.8) is 0 Å². The van der Waals surface area contributed by atoms with Crippen molar-refractivity contribution in [2.45, 2.75) is 12.5 Å². The lowest BCUT2D eigenvalue weighted by Gasteiger charge is -2.20. The Labute approximate surface area is 159 Å². The summed E-state index contributed by atoms with van der Waals surface area (Å²) in [5.74, 6) is 5.45. The van der Waals surface area contributed by atoms with E-state index in [4.69, 9.17) is 19.3 Å². The van der Waals surface area contributed by atoms with Crippen LogP contribution in [0.1, 0.15) is 6.42 Å². The molecule has 2 heterocycles. The fourth-order valence-electron chi connectivity index (χ4n) is 3.12.